The van der Waals surface area contributed by atoms with Crippen LogP contribution in [0.2, 0.25) is 0 Å². The molecule has 1 heterocycles. The van der Waals surface area contributed by atoms with Crippen LogP contribution in [-0.4, -0.2) is 22.1 Å². The number of nitrogens with zero attached hydrogens (tertiary/aromatic N) is 2. The molecule has 2 rings (SSSR count). The molecule has 1 aromatic heterocycles. The molecule has 1 aromatic carbocycles. The van der Waals surface area contributed by atoms with Gasteiger partial charge in [-0.1, -0.05) is 26.8 Å². The lowest BCUT2D eigenvalue weighted by molar-refractivity contribution is -0.147. The van der Waals surface area contributed by atoms with Crippen LogP contribution in [0.4, 0.5) is 5.69 Å². The van der Waals surface area contributed by atoms with Crippen LogP contribution in [0.15, 0.2) is 18.2 Å². The first-order chi connectivity index (χ1) is 10.6. The predicted octanol–water partition coefficient (Wildman–Crippen LogP) is 3.48. The minimum absolute atomic E-state index is 0.191. The molecule has 0 saturated heterocycles. The standard InChI is InChI=1S/C17H25N3O2/c1-4-8-15-19-16-12(18)9-7-10-14(16)20(15)13(6-3)17(21)22-11-5-2/h7,9-10,13H,4-6,8,11,18H2,1-3H3. The zero-order chi connectivity index (χ0) is 16.1. The highest BCUT2D eigenvalue weighted by Gasteiger charge is 2.25. The number of nitrogen functional groups attached to an aromatic ring is 1. The molecule has 1 unspecified atom stereocenters. The SMILES string of the molecule is CCCOC(=O)C(CC)n1c(CCC)nc2c(N)cccc21. The fourth-order valence-corrected chi connectivity index (χ4v) is 2.69. The van der Waals surface area contributed by atoms with Crippen LogP contribution in [0.25, 0.3) is 11.0 Å². The van der Waals surface area contributed by atoms with Crippen molar-refractivity contribution in [2.24, 2.45) is 0 Å². The summed E-state index contributed by atoms with van der Waals surface area (Å²) in [7, 11) is 0. The van der Waals surface area contributed by atoms with Gasteiger partial charge in [0.25, 0.3) is 0 Å². The number of rotatable bonds is 7. The molecule has 0 aliphatic rings. The highest BCUT2D eigenvalue weighted by Crippen LogP contribution is 2.28. The van der Waals surface area contributed by atoms with Gasteiger partial charge in [0.1, 0.15) is 17.4 Å². The second-order valence-corrected chi connectivity index (χ2v) is 5.45. The summed E-state index contributed by atoms with van der Waals surface area (Å²) >= 11 is 0. The lowest BCUT2D eigenvalue weighted by Crippen LogP contribution is -2.23. The van der Waals surface area contributed by atoms with Gasteiger partial charge in [0.15, 0.2) is 0 Å². The summed E-state index contributed by atoms with van der Waals surface area (Å²) in [5.41, 5.74) is 8.36. The van der Waals surface area contributed by atoms with Crippen LogP contribution in [0.1, 0.15) is 51.9 Å². The molecule has 0 spiro atoms. The molecule has 0 aliphatic carbocycles. The molecule has 2 N–H and O–H groups in total. The van der Waals surface area contributed by atoms with E-state index in [1.54, 1.807) is 0 Å². The Morgan fingerprint density at radius 2 is 2.09 bits per heavy atom. The summed E-state index contributed by atoms with van der Waals surface area (Å²) < 4.78 is 7.37. The predicted molar refractivity (Wildman–Crippen MR) is 88.7 cm³/mol. The van der Waals surface area contributed by atoms with E-state index < -0.39 is 0 Å². The van der Waals surface area contributed by atoms with Crippen molar-refractivity contribution in [3.63, 3.8) is 0 Å². The number of carbonyl (C=O) groups excluding carboxylic acids is 1. The fraction of sp³-hybridized carbons (Fsp3) is 0.529. The van der Waals surface area contributed by atoms with Crippen molar-refractivity contribution in [1.29, 1.82) is 0 Å². The quantitative estimate of drug-likeness (QED) is 0.628. The van der Waals surface area contributed by atoms with E-state index in [0.29, 0.717) is 18.7 Å². The monoisotopic (exact) mass is 303 g/mol. The Balaban J connectivity index is 2.52. The molecule has 5 nitrogen and oxygen atoms in total. The van der Waals surface area contributed by atoms with E-state index in [9.17, 15) is 4.79 Å². The molecule has 5 heteroatoms. The molecular weight excluding hydrogens is 278 g/mol. The molecule has 0 saturated carbocycles. The number of hydrogen-bond acceptors (Lipinski definition) is 4. The number of anilines is 1. The summed E-state index contributed by atoms with van der Waals surface area (Å²) in [6, 6.07) is 5.36. The first kappa shape index (κ1) is 16.3. The largest absolute Gasteiger partial charge is 0.464 e. The van der Waals surface area contributed by atoms with Crippen LogP contribution < -0.4 is 5.73 Å². The fourth-order valence-electron chi connectivity index (χ4n) is 2.69. The van der Waals surface area contributed by atoms with Crippen molar-refractivity contribution in [3.05, 3.63) is 24.0 Å². The zero-order valence-corrected chi connectivity index (χ0v) is 13.6. The van der Waals surface area contributed by atoms with Crippen molar-refractivity contribution in [2.75, 3.05) is 12.3 Å². The van der Waals surface area contributed by atoms with Crippen molar-refractivity contribution in [3.8, 4) is 0 Å². The lowest BCUT2D eigenvalue weighted by Gasteiger charge is -2.19. The Kier molecular flexibility index (Phi) is 5.41. The van der Waals surface area contributed by atoms with E-state index in [-0.39, 0.29) is 12.0 Å². The molecule has 0 amide bonds. The van der Waals surface area contributed by atoms with Crippen LogP contribution in [0.3, 0.4) is 0 Å². The number of nitrogens with two attached hydrogens (primary N) is 1. The second kappa shape index (κ2) is 7.29. The Morgan fingerprint density at radius 1 is 1.32 bits per heavy atom. The Labute approximate surface area is 131 Å². The van der Waals surface area contributed by atoms with Gasteiger partial charge in [-0.05, 0) is 31.4 Å². The number of esters is 1. The van der Waals surface area contributed by atoms with Crippen molar-refractivity contribution in [1.82, 2.24) is 9.55 Å². The highest BCUT2D eigenvalue weighted by molar-refractivity contribution is 5.89. The van der Waals surface area contributed by atoms with E-state index >= 15 is 0 Å². The summed E-state index contributed by atoms with van der Waals surface area (Å²) in [6.45, 7) is 6.53. The van der Waals surface area contributed by atoms with Crippen LogP contribution in [-0.2, 0) is 16.0 Å². The van der Waals surface area contributed by atoms with Gasteiger partial charge in [-0.25, -0.2) is 9.78 Å². The first-order valence-corrected chi connectivity index (χ1v) is 8.05. The summed E-state index contributed by atoms with van der Waals surface area (Å²) in [4.78, 5) is 17.1. The van der Waals surface area contributed by atoms with Crippen LogP contribution >= 0.6 is 0 Å². The zero-order valence-electron chi connectivity index (χ0n) is 13.6. The van der Waals surface area contributed by atoms with Crippen LogP contribution in [0.5, 0.6) is 0 Å². The molecular formula is C17H25N3O2. The number of aryl methyl sites for hydroxylation is 1. The van der Waals surface area contributed by atoms with Gasteiger partial charge in [0, 0.05) is 6.42 Å². The van der Waals surface area contributed by atoms with Gasteiger partial charge < -0.3 is 15.0 Å². The molecule has 22 heavy (non-hydrogen) atoms. The Morgan fingerprint density at radius 3 is 2.73 bits per heavy atom. The number of benzene rings is 1. The average molecular weight is 303 g/mol. The smallest absolute Gasteiger partial charge is 0.329 e. The van der Waals surface area contributed by atoms with Gasteiger partial charge in [0.2, 0.25) is 0 Å². The van der Waals surface area contributed by atoms with Crippen molar-refractivity contribution >= 4 is 22.7 Å². The topological polar surface area (TPSA) is 70.1 Å². The Hall–Kier alpha value is -2.04. The summed E-state index contributed by atoms with van der Waals surface area (Å²) in [6.07, 6.45) is 3.26. The maximum absolute atomic E-state index is 12.4. The molecule has 120 valence electrons. The molecule has 0 fully saturated rings. The average Bonchev–Trinajstić information content (AvgIpc) is 2.87. The normalized spacial score (nSPS) is 12.5. The van der Waals surface area contributed by atoms with E-state index in [4.69, 9.17) is 10.5 Å². The lowest BCUT2D eigenvalue weighted by atomic mass is 10.2. The van der Waals surface area contributed by atoms with E-state index in [2.05, 4.69) is 11.9 Å². The van der Waals surface area contributed by atoms with E-state index in [0.717, 1.165) is 36.1 Å². The summed E-state index contributed by atoms with van der Waals surface area (Å²) in [5, 5.41) is 0. The molecule has 0 aliphatic heterocycles. The van der Waals surface area contributed by atoms with Gasteiger partial charge in [-0.15, -0.1) is 0 Å². The van der Waals surface area contributed by atoms with E-state index in [1.165, 1.54) is 0 Å². The number of carbonyl (C=O) groups is 1. The summed E-state index contributed by atoms with van der Waals surface area (Å²) in [5.74, 6) is 0.708. The number of ether oxygens (including phenoxy) is 1. The number of fused-ring (bicyclic) bond motifs is 1. The molecule has 2 aromatic rings. The third-order valence-electron chi connectivity index (χ3n) is 3.72. The molecule has 0 bridgehead atoms. The van der Waals surface area contributed by atoms with Crippen molar-refractivity contribution < 1.29 is 9.53 Å². The van der Waals surface area contributed by atoms with Gasteiger partial charge >= 0.3 is 5.97 Å². The third kappa shape index (κ3) is 3.08. The minimum Gasteiger partial charge on any atom is -0.464 e. The number of aromatic nitrogens is 2. The van der Waals surface area contributed by atoms with Gasteiger partial charge in [-0.2, -0.15) is 0 Å². The minimum atomic E-state index is -0.347. The number of hydrogen-bond donors (Lipinski definition) is 1. The van der Waals surface area contributed by atoms with E-state index in [1.807, 2.05) is 36.6 Å². The van der Waals surface area contributed by atoms with Crippen molar-refractivity contribution in [2.45, 2.75) is 52.5 Å². The Bertz CT molecular complexity index is 649. The van der Waals surface area contributed by atoms with Gasteiger partial charge in [0.05, 0.1) is 17.8 Å². The second-order valence-electron chi connectivity index (χ2n) is 5.45. The third-order valence-corrected chi connectivity index (χ3v) is 3.72. The highest BCUT2D eigenvalue weighted by atomic mass is 16.5. The molecule has 1 atom stereocenters. The van der Waals surface area contributed by atoms with Crippen LogP contribution in [0, 0.1) is 0 Å². The molecule has 0 radical (unpaired) electrons. The number of imidazole rings is 1. The first-order valence-electron chi connectivity index (χ1n) is 8.05. The van der Waals surface area contributed by atoms with Gasteiger partial charge in [-0.3, -0.25) is 0 Å². The maximum atomic E-state index is 12.4. The maximum Gasteiger partial charge on any atom is 0.329 e. The number of para-hydroxylation sites is 1.